The maximum absolute atomic E-state index is 11.5. The van der Waals surface area contributed by atoms with Gasteiger partial charge in [0, 0.05) is 18.1 Å². The fourth-order valence-electron chi connectivity index (χ4n) is 3.09. The molecule has 1 aliphatic rings. The minimum absolute atomic E-state index is 0.211. The van der Waals surface area contributed by atoms with Gasteiger partial charge >= 0.3 is 5.97 Å². The minimum atomic E-state index is -0.977. The molecule has 0 spiro atoms. The van der Waals surface area contributed by atoms with Crippen LogP contribution in [0.15, 0.2) is 60.9 Å². The molecule has 0 bridgehead atoms. The Morgan fingerprint density at radius 1 is 1.20 bits per heavy atom. The Labute approximate surface area is 174 Å². The summed E-state index contributed by atoms with van der Waals surface area (Å²) < 4.78 is 11.3. The van der Waals surface area contributed by atoms with E-state index in [0.29, 0.717) is 42.2 Å². The standard InChI is InChI=1S/C23H23N3O4/c1-29-20-9-10-21(25-22(20)30-15-16-7-8-16)26(14-17-4-3-11-24-13-17)19-6-2-5-18(12-19)23(27)28/h2-6,9-13,16H,7-8,14-15H2,1H3,(H,27,28). The lowest BCUT2D eigenvalue weighted by Gasteiger charge is -2.25. The van der Waals surface area contributed by atoms with Crippen LogP contribution < -0.4 is 14.4 Å². The Hall–Kier alpha value is -3.61. The van der Waals surface area contributed by atoms with Gasteiger partial charge in [0.05, 0.1) is 25.8 Å². The lowest BCUT2D eigenvalue weighted by atomic mass is 10.1. The molecule has 1 N–H and O–H groups in total. The molecule has 2 heterocycles. The van der Waals surface area contributed by atoms with Gasteiger partial charge in [0.15, 0.2) is 5.75 Å². The highest BCUT2D eigenvalue weighted by Crippen LogP contribution is 2.35. The van der Waals surface area contributed by atoms with Crippen LogP contribution in [0, 0.1) is 5.92 Å². The van der Waals surface area contributed by atoms with Crippen molar-refractivity contribution in [3.8, 4) is 11.6 Å². The van der Waals surface area contributed by atoms with Crippen LogP contribution in [0.2, 0.25) is 0 Å². The van der Waals surface area contributed by atoms with Crippen LogP contribution >= 0.6 is 0 Å². The van der Waals surface area contributed by atoms with Crippen molar-refractivity contribution in [3.63, 3.8) is 0 Å². The van der Waals surface area contributed by atoms with Crippen molar-refractivity contribution in [2.24, 2.45) is 5.92 Å². The Bertz CT molecular complexity index is 1020. The molecule has 0 atom stereocenters. The molecular weight excluding hydrogens is 382 g/mol. The van der Waals surface area contributed by atoms with Gasteiger partial charge in [-0.3, -0.25) is 4.98 Å². The maximum Gasteiger partial charge on any atom is 0.335 e. The predicted molar refractivity (Wildman–Crippen MR) is 112 cm³/mol. The van der Waals surface area contributed by atoms with Crippen LogP contribution in [0.3, 0.4) is 0 Å². The second-order valence-corrected chi connectivity index (χ2v) is 7.23. The van der Waals surface area contributed by atoms with Gasteiger partial charge in [0.2, 0.25) is 0 Å². The van der Waals surface area contributed by atoms with E-state index in [1.54, 1.807) is 37.7 Å². The Kier molecular flexibility index (Phi) is 5.79. The average molecular weight is 405 g/mol. The highest BCUT2D eigenvalue weighted by molar-refractivity contribution is 5.89. The van der Waals surface area contributed by atoms with E-state index in [4.69, 9.17) is 14.5 Å². The minimum Gasteiger partial charge on any atom is -0.491 e. The average Bonchev–Trinajstić information content (AvgIpc) is 3.61. The molecule has 0 unspecified atom stereocenters. The van der Waals surface area contributed by atoms with E-state index in [-0.39, 0.29) is 5.56 Å². The number of carbonyl (C=O) groups is 1. The number of carboxylic acid groups (broad SMARTS) is 1. The highest BCUT2D eigenvalue weighted by atomic mass is 16.5. The van der Waals surface area contributed by atoms with Gasteiger partial charge in [-0.15, -0.1) is 0 Å². The van der Waals surface area contributed by atoms with Crippen LogP contribution in [0.4, 0.5) is 11.5 Å². The molecule has 3 aromatic rings. The number of ether oxygens (including phenoxy) is 2. The third kappa shape index (κ3) is 4.68. The van der Waals surface area contributed by atoms with Crippen molar-refractivity contribution in [2.75, 3.05) is 18.6 Å². The van der Waals surface area contributed by atoms with Crippen LogP contribution in [0.1, 0.15) is 28.8 Å². The molecule has 0 amide bonds. The zero-order valence-electron chi connectivity index (χ0n) is 16.7. The summed E-state index contributed by atoms with van der Waals surface area (Å²) in [6, 6.07) is 14.3. The topological polar surface area (TPSA) is 84.8 Å². The number of rotatable bonds is 9. The number of benzene rings is 1. The lowest BCUT2D eigenvalue weighted by Crippen LogP contribution is -2.19. The van der Waals surface area contributed by atoms with Gasteiger partial charge in [-0.1, -0.05) is 12.1 Å². The van der Waals surface area contributed by atoms with Gasteiger partial charge in [0.1, 0.15) is 5.82 Å². The number of methoxy groups -OCH3 is 1. The first-order valence-corrected chi connectivity index (χ1v) is 9.81. The zero-order chi connectivity index (χ0) is 20.9. The van der Waals surface area contributed by atoms with Gasteiger partial charge in [-0.05, 0) is 60.7 Å². The summed E-state index contributed by atoms with van der Waals surface area (Å²) in [5.41, 5.74) is 1.89. The van der Waals surface area contributed by atoms with E-state index in [0.717, 1.165) is 5.56 Å². The second-order valence-electron chi connectivity index (χ2n) is 7.23. The molecule has 1 aliphatic carbocycles. The zero-order valence-corrected chi connectivity index (χ0v) is 16.7. The van der Waals surface area contributed by atoms with Gasteiger partial charge in [-0.25, -0.2) is 4.79 Å². The highest BCUT2D eigenvalue weighted by Gasteiger charge is 2.23. The van der Waals surface area contributed by atoms with Crippen molar-refractivity contribution < 1.29 is 19.4 Å². The molecule has 7 heteroatoms. The summed E-state index contributed by atoms with van der Waals surface area (Å²) in [6.45, 7) is 1.09. The van der Waals surface area contributed by atoms with E-state index in [1.165, 1.54) is 12.8 Å². The van der Waals surface area contributed by atoms with Crippen molar-refractivity contribution in [1.29, 1.82) is 0 Å². The Balaban J connectivity index is 1.72. The first-order valence-electron chi connectivity index (χ1n) is 9.81. The summed E-state index contributed by atoms with van der Waals surface area (Å²) in [5.74, 6) is 1.24. The first-order chi connectivity index (χ1) is 14.6. The fourth-order valence-corrected chi connectivity index (χ4v) is 3.09. The molecule has 0 radical (unpaired) electrons. The fraction of sp³-hybridized carbons (Fsp3) is 0.261. The molecule has 154 valence electrons. The molecule has 2 aromatic heterocycles. The van der Waals surface area contributed by atoms with Gasteiger partial charge < -0.3 is 19.5 Å². The van der Waals surface area contributed by atoms with Crippen LogP contribution in [0.25, 0.3) is 0 Å². The van der Waals surface area contributed by atoms with Crippen LogP contribution in [0.5, 0.6) is 11.6 Å². The molecule has 7 nitrogen and oxygen atoms in total. The number of aromatic carboxylic acids is 1. The van der Waals surface area contributed by atoms with E-state index in [1.807, 2.05) is 35.2 Å². The smallest absolute Gasteiger partial charge is 0.335 e. The Morgan fingerprint density at radius 3 is 2.77 bits per heavy atom. The monoisotopic (exact) mass is 405 g/mol. The third-order valence-electron chi connectivity index (χ3n) is 4.93. The van der Waals surface area contributed by atoms with Crippen molar-refractivity contribution in [3.05, 3.63) is 72.1 Å². The lowest BCUT2D eigenvalue weighted by molar-refractivity contribution is 0.0697. The van der Waals surface area contributed by atoms with Crippen molar-refractivity contribution in [2.45, 2.75) is 19.4 Å². The van der Waals surface area contributed by atoms with Crippen molar-refractivity contribution >= 4 is 17.5 Å². The number of pyridine rings is 2. The molecule has 1 aromatic carbocycles. The molecular formula is C23H23N3O4. The third-order valence-corrected chi connectivity index (χ3v) is 4.93. The summed E-state index contributed by atoms with van der Waals surface area (Å²) in [6.07, 6.45) is 5.85. The van der Waals surface area contributed by atoms with E-state index in [2.05, 4.69) is 4.98 Å². The normalized spacial score (nSPS) is 13.0. The number of hydrogen-bond acceptors (Lipinski definition) is 6. The van der Waals surface area contributed by atoms with E-state index in [9.17, 15) is 9.90 Å². The van der Waals surface area contributed by atoms with Gasteiger partial charge in [-0.2, -0.15) is 4.98 Å². The number of nitrogens with zero attached hydrogens (tertiary/aromatic N) is 3. The van der Waals surface area contributed by atoms with Crippen LogP contribution in [-0.2, 0) is 6.54 Å². The number of aromatic nitrogens is 2. The molecule has 1 saturated carbocycles. The molecule has 0 saturated heterocycles. The summed E-state index contributed by atoms with van der Waals surface area (Å²) >= 11 is 0. The maximum atomic E-state index is 11.5. The van der Waals surface area contributed by atoms with E-state index >= 15 is 0 Å². The molecule has 30 heavy (non-hydrogen) atoms. The Morgan fingerprint density at radius 2 is 2.07 bits per heavy atom. The molecule has 1 fully saturated rings. The van der Waals surface area contributed by atoms with Gasteiger partial charge in [0.25, 0.3) is 5.88 Å². The number of hydrogen-bond donors (Lipinski definition) is 1. The molecule has 4 rings (SSSR count). The van der Waals surface area contributed by atoms with Crippen LogP contribution in [-0.4, -0.2) is 34.8 Å². The number of anilines is 2. The SMILES string of the molecule is COc1ccc(N(Cc2cccnc2)c2cccc(C(=O)O)c2)nc1OCC1CC1. The number of carboxylic acids is 1. The molecule has 0 aliphatic heterocycles. The summed E-state index contributed by atoms with van der Waals surface area (Å²) in [4.78, 5) is 22.3. The predicted octanol–water partition coefficient (Wildman–Crippen LogP) is 4.31. The first kappa shape index (κ1) is 19.7. The van der Waals surface area contributed by atoms with Crippen molar-refractivity contribution in [1.82, 2.24) is 9.97 Å². The summed E-state index contributed by atoms with van der Waals surface area (Å²) in [5, 5.41) is 9.41. The largest absolute Gasteiger partial charge is 0.491 e. The summed E-state index contributed by atoms with van der Waals surface area (Å²) in [7, 11) is 1.59. The second kappa shape index (κ2) is 8.82. The van der Waals surface area contributed by atoms with E-state index < -0.39 is 5.97 Å². The quantitative estimate of drug-likeness (QED) is 0.568.